The molecular weight excluding hydrogens is 202 g/mol. The highest BCUT2D eigenvalue weighted by Crippen LogP contribution is 2.26. The Labute approximate surface area is 95.8 Å². The lowest BCUT2D eigenvalue weighted by atomic mass is 10.0. The second-order valence-electron chi connectivity index (χ2n) is 4.07. The van der Waals surface area contributed by atoms with Crippen molar-refractivity contribution in [3.8, 4) is 5.75 Å². The van der Waals surface area contributed by atoms with Gasteiger partial charge in [0.1, 0.15) is 5.75 Å². The molecule has 1 N–H and O–H groups in total. The zero-order valence-corrected chi connectivity index (χ0v) is 9.58. The summed E-state index contributed by atoms with van der Waals surface area (Å²) >= 11 is 0. The van der Waals surface area contributed by atoms with Crippen LogP contribution in [0, 0.1) is 0 Å². The fourth-order valence-electron chi connectivity index (χ4n) is 1.90. The van der Waals surface area contributed by atoms with Gasteiger partial charge in [-0.05, 0) is 43.0 Å². The van der Waals surface area contributed by atoms with E-state index in [1.54, 1.807) is 0 Å². The van der Waals surface area contributed by atoms with Gasteiger partial charge >= 0.3 is 5.97 Å². The first-order chi connectivity index (χ1) is 7.79. The Bertz CT molecular complexity index is 388. The number of carbonyl (C=O) groups is 1. The molecule has 3 heteroatoms. The molecule has 0 atom stereocenters. The van der Waals surface area contributed by atoms with Crippen LogP contribution in [0.1, 0.15) is 31.7 Å². The first kappa shape index (κ1) is 11.0. The lowest BCUT2D eigenvalue weighted by Crippen LogP contribution is -2.12. The average molecular weight is 219 g/mol. The molecule has 1 aliphatic rings. The number of hydrogen-bond donors (Lipinski definition) is 1. The van der Waals surface area contributed by atoms with Crippen LogP contribution in [0.5, 0.6) is 5.75 Å². The molecule has 1 aliphatic heterocycles. The third kappa shape index (κ3) is 2.54. The Morgan fingerprint density at radius 1 is 1.50 bits per heavy atom. The third-order valence-electron chi connectivity index (χ3n) is 2.70. The molecule has 1 aromatic carbocycles. The number of benzene rings is 1. The van der Waals surface area contributed by atoms with Gasteiger partial charge in [-0.25, -0.2) is 0 Å². The van der Waals surface area contributed by atoms with Gasteiger partial charge in [-0.3, -0.25) is 4.79 Å². The highest BCUT2D eigenvalue weighted by molar-refractivity contribution is 5.72. The molecule has 0 amide bonds. The Balaban J connectivity index is 2.08. The first-order valence-corrected chi connectivity index (χ1v) is 5.87. The minimum Gasteiger partial charge on any atom is -0.427 e. The summed E-state index contributed by atoms with van der Waals surface area (Å²) in [6.45, 7) is 3.00. The van der Waals surface area contributed by atoms with Crippen molar-refractivity contribution < 1.29 is 9.53 Å². The van der Waals surface area contributed by atoms with Crippen molar-refractivity contribution in [3.63, 3.8) is 0 Å². The van der Waals surface area contributed by atoms with Gasteiger partial charge in [-0.1, -0.05) is 6.92 Å². The van der Waals surface area contributed by atoms with Crippen LogP contribution in [-0.2, 0) is 11.2 Å². The van der Waals surface area contributed by atoms with Gasteiger partial charge in [0.05, 0.1) is 0 Å². The Kier molecular flexibility index (Phi) is 3.44. The van der Waals surface area contributed by atoms with E-state index < -0.39 is 0 Å². The molecule has 3 nitrogen and oxygen atoms in total. The molecular formula is C13H17NO2. The van der Waals surface area contributed by atoms with Crippen molar-refractivity contribution in [2.24, 2.45) is 0 Å². The summed E-state index contributed by atoms with van der Waals surface area (Å²) in [5, 5.41) is 3.33. The molecule has 0 radical (unpaired) electrons. The number of esters is 1. The number of hydrogen-bond acceptors (Lipinski definition) is 3. The number of aryl methyl sites for hydroxylation is 1. The maximum atomic E-state index is 11.3. The molecule has 86 valence electrons. The number of rotatable bonds is 3. The summed E-state index contributed by atoms with van der Waals surface area (Å²) in [7, 11) is 0. The largest absolute Gasteiger partial charge is 0.427 e. The maximum Gasteiger partial charge on any atom is 0.311 e. The summed E-state index contributed by atoms with van der Waals surface area (Å²) in [5.74, 6) is 0.520. The van der Waals surface area contributed by atoms with Crippen LogP contribution in [0.15, 0.2) is 18.2 Å². The van der Waals surface area contributed by atoms with Crippen LogP contribution in [-0.4, -0.2) is 12.5 Å². The van der Waals surface area contributed by atoms with Crippen LogP contribution in [0.4, 0.5) is 5.69 Å². The summed E-state index contributed by atoms with van der Waals surface area (Å²) in [5.41, 5.74) is 2.41. The standard InChI is InChI=1S/C13H17NO2/c1-2-4-13(15)16-11-6-7-12-10(9-11)5-3-8-14-12/h6-7,9,14H,2-5,8H2,1H3. The normalized spacial score (nSPS) is 13.8. The Morgan fingerprint density at radius 3 is 3.19 bits per heavy atom. The second kappa shape index (κ2) is 5.01. The highest BCUT2D eigenvalue weighted by Gasteiger charge is 2.10. The smallest absolute Gasteiger partial charge is 0.311 e. The van der Waals surface area contributed by atoms with Gasteiger partial charge in [-0.2, -0.15) is 0 Å². The molecule has 0 aliphatic carbocycles. The molecule has 0 fully saturated rings. The van der Waals surface area contributed by atoms with E-state index in [1.807, 2.05) is 25.1 Å². The van der Waals surface area contributed by atoms with Gasteiger partial charge in [0.2, 0.25) is 0 Å². The van der Waals surface area contributed by atoms with Crippen LogP contribution in [0.3, 0.4) is 0 Å². The third-order valence-corrected chi connectivity index (χ3v) is 2.70. The topological polar surface area (TPSA) is 38.3 Å². The zero-order valence-electron chi connectivity index (χ0n) is 9.58. The van der Waals surface area contributed by atoms with Gasteiger partial charge in [0, 0.05) is 18.7 Å². The Hall–Kier alpha value is -1.51. The number of anilines is 1. The molecule has 0 aromatic heterocycles. The van der Waals surface area contributed by atoms with Crippen LogP contribution in [0.25, 0.3) is 0 Å². The monoisotopic (exact) mass is 219 g/mol. The quantitative estimate of drug-likeness (QED) is 0.627. The predicted molar refractivity (Wildman–Crippen MR) is 63.8 cm³/mol. The number of fused-ring (bicyclic) bond motifs is 1. The summed E-state index contributed by atoms with van der Waals surface area (Å²) in [4.78, 5) is 11.3. The summed E-state index contributed by atoms with van der Waals surface area (Å²) < 4.78 is 5.25. The van der Waals surface area contributed by atoms with Gasteiger partial charge in [-0.15, -0.1) is 0 Å². The Morgan fingerprint density at radius 2 is 2.38 bits per heavy atom. The van der Waals surface area contributed by atoms with Gasteiger partial charge in [0.25, 0.3) is 0 Å². The fraction of sp³-hybridized carbons (Fsp3) is 0.462. The molecule has 16 heavy (non-hydrogen) atoms. The van der Waals surface area contributed by atoms with E-state index >= 15 is 0 Å². The number of nitrogens with one attached hydrogen (secondary N) is 1. The van der Waals surface area contributed by atoms with E-state index in [9.17, 15) is 4.79 Å². The second-order valence-corrected chi connectivity index (χ2v) is 4.07. The van der Waals surface area contributed by atoms with Crippen LogP contribution in [0.2, 0.25) is 0 Å². The lowest BCUT2D eigenvalue weighted by molar-refractivity contribution is -0.134. The lowest BCUT2D eigenvalue weighted by Gasteiger charge is -2.18. The van der Waals surface area contributed by atoms with Crippen molar-refractivity contribution >= 4 is 11.7 Å². The van der Waals surface area contributed by atoms with Gasteiger partial charge in [0.15, 0.2) is 0 Å². The van der Waals surface area contributed by atoms with Crippen LogP contribution >= 0.6 is 0 Å². The highest BCUT2D eigenvalue weighted by atomic mass is 16.5. The van der Waals surface area contributed by atoms with Crippen molar-refractivity contribution in [2.75, 3.05) is 11.9 Å². The van der Waals surface area contributed by atoms with Crippen molar-refractivity contribution in [3.05, 3.63) is 23.8 Å². The molecule has 0 bridgehead atoms. The molecule has 0 unspecified atom stereocenters. The van der Waals surface area contributed by atoms with E-state index in [0.29, 0.717) is 12.2 Å². The van der Waals surface area contributed by atoms with E-state index in [-0.39, 0.29) is 5.97 Å². The molecule has 0 saturated carbocycles. The summed E-state index contributed by atoms with van der Waals surface area (Å²) in [6, 6.07) is 5.81. The van der Waals surface area contributed by atoms with Gasteiger partial charge < -0.3 is 10.1 Å². The number of ether oxygens (including phenoxy) is 1. The van der Waals surface area contributed by atoms with Crippen molar-refractivity contribution in [1.29, 1.82) is 0 Å². The summed E-state index contributed by atoms with van der Waals surface area (Å²) in [6.07, 6.45) is 3.50. The van der Waals surface area contributed by atoms with Crippen molar-refractivity contribution in [1.82, 2.24) is 0 Å². The minimum atomic E-state index is -0.147. The molecule has 0 saturated heterocycles. The average Bonchev–Trinajstić information content (AvgIpc) is 2.29. The SMILES string of the molecule is CCCC(=O)Oc1ccc2c(c1)CCCN2. The number of carbonyl (C=O) groups excluding carboxylic acids is 1. The van der Waals surface area contributed by atoms with E-state index in [1.165, 1.54) is 11.3 Å². The first-order valence-electron chi connectivity index (χ1n) is 5.87. The minimum absolute atomic E-state index is 0.147. The van der Waals surface area contributed by atoms with E-state index in [2.05, 4.69) is 5.32 Å². The van der Waals surface area contributed by atoms with E-state index in [4.69, 9.17) is 4.74 Å². The van der Waals surface area contributed by atoms with Crippen molar-refractivity contribution in [2.45, 2.75) is 32.6 Å². The predicted octanol–water partition coefficient (Wildman–Crippen LogP) is 2.75. The molecule has 1 heterocycles. The molecule has 2 rings (SSSR count). The van der Waals surface area contributed by atoms with E-state index in [0.717, 1.165) is 25.8 Å². The maximum absolute atomic E-state index is 11.3. The fourth-order valence-corrected chi connectivity index (χ4v) is 1.90. The zero-order chi connectivity index (χ0) is 11.4. The molecule has 1 aromatic rings. The molecule has 0 spiro atoms. The van der Waals surface area contributed by atoms with Crippen LogP contribution < -0.4 is 10.1 Å².